The molecule has 2 rings (SSSR count). The van der Waals surface area contributed by atoms with Gasteiger partial charge in [-0.3, -0.25) is 9.59 Å². The third-order valence-electron chi connectivity index (χ3n) is 3.34. The normalized spacial score (nSPS) is 14.3. The Morgan fingerprint density at radius 2 is 2.20 bits per heavy atom. The van der Waals surface area contributed by atoms with Crippen LogP contribution in [-0.2, 0) is 11.2 Å². The molecule has 0 bridgehead atoms. The van der Waals surface area contributed by atoms with Gasteiger partial charge < -0.3 is 16.0 Å². The molecule has 2 amide bonds. The van der Waals surface area contributed by atoms with Gasteiger partial charge in [0.05, 0.1) is 6.54 Å². The van der Waals surface area contributed by atoms with Crippen LogP contribution in [0.2, 0.25) is 0 Å². The molecule has 1 aliphatic heterocycles. The minimum atomic E-state index is -0.113. The number of benzene rings is 1. The van der Waals surface area contributed by atoms with Crippen molar-refractivity contribution in [2.75, 3.05) is 25.4 Å². The van der Waals surface area contributed by atoms with Gasteiger partial charge in [0.2, 0.25) is 5.91 Å². The molecule has 20 heavy (non-hydrogen) atoms. The zero-order chi connectivity index (χ0) is 14.7. The summed E-state index contributed by atoms with van der Waals surface area (Å²) in [5, 5.41) is 2.83. The first-order valence-corrected chi connectivity index (χ1v) is 6.91. The highest BCUT2D eigenvalue weighted by molar-refractivity contribution is 5.99. The number of carbonyl (C=O) groups is 2. The maximum absolute atomic E-state index is 12.3. The molecule has 0 radical (unpaired) electrons. The SMILES string of the molecule is CC(C)CNC(=O)CN1CCc2ccc(N)cc2C1=O. The van der Waals surface area contributed by atoms with Gasteiger partial charge in [0.25, 0.3) is 5.91 Å². The second kappa shape index (κ2) is 5.94. The fourth-order valence-electron chi connectivity index (χ4n) is 2.24. The lowest BCUT2D eigenvalue weighted by Crippen LogP contribution is -2.44. The third kappa shape index (κ3) is 3.29. The summed E-state index contributed by atoms with van der Waals surface area (Å²) in [6.07, 6.45) is 0.763. The molecule has 1 aromatic rings. The van der Waals surface area contributed by atoms with Crippen molar-refractivity contribution in [1.82, 2.24) is 10.2 Å². The smallest absolute Gasteiger partial charge is 0.254 e. The highest BCUT2D eigenvalue weighted by atomic mass is 16.2. The number of fused-ring (bicyclic) bond motifs is 1. The van der Waals surface area contributed by atoms with Crippen molar-refractivity contribution >= 4 is 17.5 Å². The van der Waals surface area contributed by atoms with E-state index in [1.807, 2.05) is 19.9 Å². The third-order valence-corrected chi connectivity index (χ3v) is 3.34. The first kappa shape index (κ1) is 14.4. The zero-order valence-electron chi connectivity index (χ0n) is 12.0. The van der Waals surface area contributed by atoms with Crippen molar-refractivity contribution in [1.29, 1.82) is 0 Å². The molecule has 1 heterocycles. The standard InChI is InChI=1S/C15H21N3O2/c1-10(2)8-17-14(19)9-18-6-5-11-3-4-12(16)7-13(11)15(18)20/h3-4,7,10H,5-6,8-9,16H2,1-2H3,(H,17,19). The first-order valence-electron chi connectivity index (χ1n) is 6.91. The van der Waals surface area contributed by atoms with Gasteiger partial charge in [-0.15, -0.1) is 0 Å². The molecule has 0 saturated heterocycles. The molecule has 0 atom stereocenters. The van der Waals surface area contributed by atoms with Crippen LogP contribution < -0.4 is 11.1 Å². The van der Waals surface area contributed by atoms with E-state index in [0.717, 1.165) is 12.0 Å². The molecular weight excluding hydrogens is 254 g/mol. The number of nitrogen functional groups attached to an aromatic ring is 1. The van der Waals surface area contributed by atoms with Crippen LogP contribution in [0.1, 0.15) is 29.8 Å². The minimum Gasteiger partial charge on any atom is -0.399 e. The number of rotatable bonds is 4. The molecule has 0 aliphatic carbocycles. The molecule has 1 aliphatic rings. The van der Waals surface area contributed by atoms with Gasteiger partial charge in [0.1, 0.15) is 0 Å². The van der Waals surface area contributed by atoms with Crippen LogP contribution in [0.3, 0.4) is 0 Å². The molecule has 5 nitrogen and oxygen atoms in total. The molecule has 0 aromatic heterocycles. The number of anilines is 1. The molecule has 5 heteroatoms. The van der Waals surface area contributed by atoms with E-state index in [0.29, 0.717) is 30.3 Å². The van der Waals surface area contributed by atoms with Crippen LogP contribution >= 0.6 is 0 Å². The number of nitrogens with one attached hydrogen (secondary N) is 1. The number of amides is 2. The lowest BCUT2D eigenvalue weighted by Gasteiger charge is -2.28. The van der Waals surface area contributed by atoms with E-state index < -0.39 is 0 Å². The zero-order valence-corrected chi connectivity index (χ0v) is 12.0. The highest BCUT2D eigenvalue weighted by Gasteiger charge is 2.25. The van der Waals surface area contributed by atoms with Crippen molar-refractivity contribution in [2.45, 2.75) is 20.3 Å². The molecular formula is C15H21N3O2. The Labute approximate surface area is 119 Å². The van der Waals surface area contributed by atoms with Gasteiger partial charge in [-0.1, -0.05) is 19.9 Å². The lowest BCUT2D eigenvalue weighted by atomic mass is 9.98. The molecule has 108 valence electrons. The highest BCUT2D eigenvalue weighted by Crippen LogP contribution is 2.21. The Balaban J connectivity index is 2.02. The average molecular weight is 275 g/mol. The second-order valence-corrected chi connectivity index (χ2v) is 5.59. The summed E-state index contributed by atoms with van der Waals surface area (Å²) in [5.74, 6) is 0.175. The van der Waals surface area contributed by atoms with E-state index in [9.17, 15) is 9.59 Å². The average Bonchev–Trinajstić information content (AvgIpc) is 2.40. The van der Waals surface area contributed by atoms with Crippen LogP contribution in [0.5, 0.6) is 0 Å². The molecule has 0 saturated carbocycles. The van der Waals surface area contributed by atoms with Gasteiger partial charge in [-0.05, 0) is 30.0 Å². The number of nitrogens with zero attached hydrogens (tertiary/aromatic N) is 1. The van der Waals surface area contributed by atoms with E-state index in [4.69, 9.17) is 5.73 Å². The van der Waals surface area contributed by atoms with Crippen molar-refractivity contribution in [3.8, 4) is 0 Å². The maximum atomic E-state index is 12.3. The number of carbonyl (C=O) groups excluding carboxylic acids is 2. The van der Waals surface area contributed by atoms with E-state index in [1.54, 1.807) is 17.0 Å². The Morgan fingerprint density at radius 1 is 1.45 bits per heavy atom. The van der Waals surface area contributed by atoms with E-state index in [2.05, 4.69) is 5.32 Å². The monoisotopic (exact) mass is 275 g/mol. The number of hydrogen-bond acceptors (Lipinski definition) is 3. The number of hydrogen-bond donors (Lipinski definition) is 2. The Bertz CT molecular complexity index is 526. The quantitative estimate of drug-likeness (QED) is 0.806. The molecule has 3 N–H and O–H groups in total. The van der Waals surface area contributed by atoms with Crippen molar-refractivity contribution in [3.05, 3.63) is 29.3 Å². The molecule has 0 unspecified atom stereocenters. The van der Waals surface area contributed by atoms with E-state index in [1.165, 1.54) is 0 Å². The van der Waals surface area contributed by atoms with Gasteiger partial charge in [-0.2, -0.15) is 0 Å². The van der Waals surface area contributed by atoms with Crippen LogP contribution in [-0.4, -0.2) is 36.3 Å². The van der Waals surface area contributed by atoms with E-state index >= 15 is 0 Å². The summed E-state index contributed by atoms with van der Waals surface area (Å²) >= 11 is 0. The van der Waals surface area contributed by atoms with Crippen molar-refractivity contribution in [3.63, 3.8) is 0 Å². The molecule has 1 aromatic carbocycles. The van der Waals surface area contributed by atoms with Gasteiger partial charge >= 0.3 is 0 Å². The van der Waals surface area contributed by atoms with Gasteiger partial charge in [0, 0.05) is 24.3 Å². The van der Waals surface area contributed by atoms with Crippen LogP contribution in [0.4, 0.5) is 5.69 Å². The second-order valence-electron chi connectivity index (χ2n) is 5.59. The maximum Gasteiger partial charge on any atom is 0.254 e. The summed E-state index contributed by atoms with van der Waals surface area (Å²) in [4.78, 5) is 25.7. The van der Waals surface area contributed by atoms with Crippen LogP contribution in [0.25, 0.3) is 0 Å². The largest absolute Gasteiger partial charge is 0.399 e. The Hall–Kier alpha value is -2.04. The fraction of sp³-hybridized carbons (Fsp3) is 0.467. The summed E-state index contributed by atoms with van der Waals surface area (Å²) in [5.41, 5.74) is 7.92. The Morgan fingerprint density at radius 3 is 2.90 bits per heavy atom. The first-order chi connectivity index (χ1) is 9.47. The topological polar surface area (TPSA) is 75.4 Å². The van der Waals surface area contributed by atoms with E-state index in [-0.39, 0.29) is 18.4 Å². The minimum absolute atomic E-state index is 0.111. The summed E-state index contributed by atoms with van der Waals surface area (Å²) in [6.45, 7) is 5.38. The summed E-state index contributed by atoms with van der Waals surface area (Å²) in [7, 11) is 0. The lowest BCUT2D eigenvalue weighted by molar-refractivity contribution is -0.122. The predicted molar refractivity (Wildman–Crippen MR) is 78.3 cm³/mol. The molecule has 0 spiro atoms. The fourth-order valence-corrected chi connectivity index (χ4v) is 2.24. The van der Waals surface area contributed by atoms with Gasteiger partial charge in [0.15, 0.2) is 0 Å². The van der Waals surface area contributed by atoms with Crippen molar-refractivity contribution in [2.24, 2.45) is 5.92 Å². The van der Waals surface area contributed by atoms with Crippen LogP contribution in [0.15, 0.2) is 18.2 Å². The predicted octanol–water partition coefficient (Wildman–Crippen LogP) is 1.04. The molecule has 0 fully saturated rings. The summed E-state index contributed by atoms with van der Waals surface area (Å²) in [6, 6.07) is 5.38. The van der Waals surface area contributed by atoms with Crippen molar-refractivity contribution < 1.29 is 9.59 Å². The van der Waals surface area contributed by atoms with Gasteiger partial charge in [-0.25, -0.2) is 0 Å². The van der Waals surface area contributed by atoms with Crippen LogP contribution in [0, 0.1) is 5.92 Å². The number of nitrogens with two attached hydrogens (primary N) is 1. The summed E-state index contributed by atoms with van der Waals surface area (Å²) < 4.78 is 0. The Kier molecular flexibility index (Phi) is 4.27.